The third kappa shape index (κ3) is 1.86. The van der Waals surface area contributed by atoms with Crippen molar-refractivity contribution in [1.82, 2.24) is 0 Å². The van der Waals surface area contributed by atoms with Crippen molar-refractivity contribution in [2.75, 3.05) is 13.7 Å². The maximum Gasteiger partial charge on any atom is 0.184 e. The topological polar surface area (TPSA) is 62.5 Å². The molecule has 2 rings (SSSR count). The highest BCUT2D eigenvalue weighted by Crippen LogP contribution is 2.42. The first-order chi connectivity index (χ1) is 8.55. The summed E-state index contributed by atoms with van der Waals surface area (Å²) in [5, 5.41) is 19.7. The van der Waals surface area contributed by atoms with Crippen molar-refractivity contribution >= 4 is 0 Å². The minimum absolute atomic E-state index is 0.423. The van der Waals surface area contributed by atoms with Gasteiger partial charge in [0.15, 0.2) is 5.60 Å². The fourth-order valence-electron chi connectivity index (χ4n) is 2.36. The predicted octanol–water partition coefficient (Wildman–Crippen LogP) is 1.98. The Bertz CT molecular complexity index is 465. The van der Waals surface area contributed by atoms with Gasteiger partial charge in [-0.2, -0.15) is 5.26 Å². The lowest BCUT2D eigenvalue weighted by Gasteiger charge is -2.44. The molecule has 1 aromatic carbocycles. The van der Waals surface area contributed by atoms with Crippen molar-refractivity contribution in [3.63, 3.8) is 0 Å². The van der Waals surface area contributed by atoms with Gasteiger partial charge in [-0.3, -0.25) is 0 Å². The minimum Gasteiger partial charge on any atom is -0.497 e. The third-order valence-corrected chi connectivity index (χ3v) is 3.69. The van der Waals surface area contributed by atoms with Crippen molar-refractivity contribution in [2.24, 2.45) is 0 Å². The second-order valence-electron chi connectivity index (χ2n) is 4.69. The van der Waals surface area contributed by atoms with Gasteiger partial charge >= 0.3 is 0 Å². The molecule has 4 heteroatoms. The lowest BCUT2D eigenvalue weighted by molar-refractivity contribution is -0.185. The Morgan fingerprint density at radius 2 is 2.06 bits per heavy atom. The first kappa shape index (κ1) is 12.9. The predicted molar refractivity (Wildman–Crippen MR) is 66.1 cm³/mol. The standard InChI is InChI=1S/C14H17NO3/c1-13(11-4-6-12(17-2)7-5-11)14(16,10-15)8-3-9-18-13/h4-7,16H,3,8-9H2,1-2H3. The van der Waals surface area contributed by atoms with E-state index in [1.54, 1.807) is 26.2 Å². The van der Waals surface area contributed by atoms with Crippen molar-refractivity contribution < 1.29 is 14.6 Å². The van der Waals surface area contributed by atoms with Crippen LogP contribution in [0, 0.1) is 11.3 Å². The van der Waals surface area contributed by atoms with Crippen LogP contribution < -0.4 is 4.74 Å². The lowest BCUT2D eigenvalue weighted by atomic mass is 9.75. The zero-order chi connectivity index (χ0) is 13.2. The van der Waals surface area contributed by atoms with E-state index >= 15 is 0 Å². The molecule has 1 heterocycles. The minimum atomic E-state index is -1.49. The van der Waals surface area contributed by atoms with Gasteiger partial charge in [-0.25, -0.2) is 0 Å². The summed E-state index contributed by atoms with van der Waals surface area (Å²) < 4.78 is 10.8. The highest BCUT2D eigenvalue weighted by Gasteiger charge is 2.51. The highest BCUT2D eigenvalue weighted by molar-refractivity contribution is 5.35. The molecular formula is C14H17NO3. The quantitative estimate of drug-likeness (QED) is 0.812. The van der Waals surface area contributed by atoms with Crippen LogP contribution in [0.1, 0.15) is 25.3 Å². The fraction of sp³-hybridized carbons (Fsp3) is 0.500. The van der Waals surface area contributed by atoms with Crippen LogP contribution in [0.3, 0.4) is 0 Å². The first-order valence-electron chi connectivity index (χ1n) is 5.98. The maximum absolute atomic E-state index is 10.5. The average molecular weight is 247 g/mol. The van der Waals surface area contributed by atoms with E-state index in [1.165, 1.54) is 0 Å². The largest absolute Gasteiger partial charge is 0.497 e. The number of nitrogens with zero attached hydrogens (tertiary/aromatic N) is 1. The van der Waals surface area contributed by atoms with Crippen molar-refractivity contribution in [2.45, 2.75) is 31.0 Å². The van der Waals surface area contributed by atoms with E-state index in [2.05, 4.69) is 0 Å². The Morgan fingerprint density at radius 1 is 1.39 bits per heavy atom. The Kier molecular flexibility index (Phi) is 3.29. The molecule has 0 saturated carbocycles. The summed E-state index contributed by atoms with van der Waals surface area (Å²) in [6.07, 6.45) is 1.11. The fourth-order valence-corrected chi connectivity index (χ4v) is 2.36. The van der Waals surface area contributed by atoms with Gasteiger partial charge in [0.25, 0.3) is 0 Å². The normalized spacial score (nSPS) is 31.7. The van der Waals surface area contributed by atoms with E-state index in [0.29, 0.717) is 19.4 Å². The molecule has 0 amide bonds. The van der Waals surface area contributed by atoms with E-state index in [4.69, 9.17) is 9.47 Å². The number of hydrogen-bond acceptors (Lipinski definition) is 4. The van der Waals surface area contributed by atoms with Gasteiger partial charge < -0.3 is 14.6 Å². The second kappa shape index (κ2) is 4.60. The molecule has 1 aromatic rings. The molecule has 1 fully saturated rings. The SMILES string of the molecule is COc1ccc(C2(C)OCCCC2(O)C#N)cc1. The molecular weight excluding hydrogens is 230 g/mol. The zero-order valence-electron chi connectivity index (χ0n) is 10.6. The van der Waals surface area contributed by atoms with Crippen LogP contribution in [0.4, 0.5) is 0 Å². The molecule has 18 heavy (non-hydrogen) atoms. The number of benzene rings is 1. The summed E-state index contributed by atoms with van der Waals surface area (Å²) in [5.74, 6) is 0.735. The van der Waals surface area contributed by atoms with Gasteiger partial charge in [0, 0.05) is 6.61 Å². The van der Waals surface area contributed by atoms with E-state index < -0.39 is 11.2 Å². The van der Waals surface area contributed by atoms with Crippen molar-refractivity contribution in [3.05, 3.63) is 29.8 Å². The Balaban J connectivity index is 2.41. The van der Waals surface area contributed by atoms with Crippen LogP contribution >= 0.6 is 0 Å². The van der Waals surface area contributed by atoms with E-state index in [1.807, 2.05) is 18.2 Å². The number of ether oxygens (including phenoxy) is 2. The van der Waals surface area contributed by atoms with Crippen molar-refractivity contribution in [1.29, 1.82) is 5.26 Å². The van der Waals surface area contributed by atoms with Crippen LogP contribution in [0.5, 0.6) is 5.75 Å². The van der Waals surface area contributed by atoms with Gasteiger partial charge in [-0.05, 0) is 37.5 Å². The molecule has 2 atom stereocenters. The van der Waals surface area contributed by atoms with Gasteiger partial charge in [0.2, 0.25) is 0 Å². The van der Waals surface area contributed by atoms with E-state index in [0.717, 1.165) is 11.3 Å². The summed E-state index contributed by atoms with van der Waals surface area (Å²) in [6, 6.07) is 9.25. The smallest absolute Gasteiger partial charge is 0.184 e. The summed E-state index contributed by atoms with van der Waals surface area (Å²) in [5.41, 5.74) is -1.70. The number of nitriles is 1. The van der Waals surface area contributed by atoms with Crippen LogP contribution in [-0.4, -0.2) is 24.4 Å². The summed E-state index contributed by atoms with van der Waals surface area (Å²) in [6.45, 7) is 2.31. The monoisotopic (exact) mass is 247 g/mol. The number of hydrogen-bond donors (Lipinski definition) is 1. The van der Waals surface area contributed by atoms with Crippen LogP contribution in [0.2, 0.25) is 0 Å². The number of aliphatic hydroxyl groups is 1. The molecule has 0 aliphatic carbocycles. The number of rotatable bonds is 2. The molecule has 0 radical (unpaired) electrons. The van der Waals surface area contributed by atoms with Crippen LogP contribution in [0.15, 0.2) is 24.3 Å². The first-order valence-corrected chi connectivity index (χ1v) is 5.98. The molecule has 4 nitrogen and oxygen atoms in total. The van der Waals surface area contributed by atoms with E-state index in [9.17, 15) is 10.4 Å². The lowest BCUT2D eigenvalue weighted by Crippen LogP contribution is -2.53. The molecule has 96 valence electrons. The van der Waals surface area contributed by atoms with Crippen molar-refractivity contribution in [3.8, 4) is 11.8 Å². The Morgan fingerprint density at radius 3 is 2.61 bits per heavy atom. The maximum atomic E-state index is 10.5. The third-order valence-electron chi connectivity index (χ3n) is 3.69. The molecule has 0 bridgehead atoms. The van der Waals surface area contributed by atoms with E-state index in [-0.39, 0.29) is 0 Å². The molecule has 1 aliphatic rings. The molecule has 0 spiro atoms. The van der Waals surface area contributed by atoms with Crippen LogP contribution in [0.25, 0.3) is 0 Å². The molecule has 0 aromatic heterocycles. The molecule has 1 aliphatic heterocycles. The molecule has 1 saturated heterocycles. The molecule has 2 unspecified atom stereocenters. The average Bonchev–Trinajstić information content (AvgIpc) is 2.42. The molecule has 1 N–H and O–H groups in total. The summed E-state index contributed by atoms with van der Waals surface area (Å²) in [4.78, 5) is 0. The van der Waals surface area contributed by atoms with Crippen LogP contribution in [-0.2, 0) is 10.3 Å². The zero-order valence-corrected chi connectivity index (χ0v) is 10.6. The summed E-state index contributed by atoms with van der Waals surface area (Å²) in [7, 11) is 1.60. The van der Waals surface area contributed by atoms with Gasteiger partial charge in [0.1, 0.15) is 17.4 Å². The Labute approximate surface area is 107 Å². The van der Waals surface area contributed by atoms with Gasteiger partial charge in [0.05, 0.1) is 7.11 Å². The highest BCUT2D eigenvalue weighted by atomic mass is 16.5. The second-order valence-corrected chi connectivity index (χ2v) is 4.69. The summed E-state index contributed by atoms with van der Waals surface area (Å²) >= 11 is 0. The number of methoxy groups -OCH3 is 1. The van der Waals surface area contributed by atoms with Gasteiger partial charge in [-0.1, -0.05) is 12.1 Å². The Hall–Kier alpha value is -1.57. The van der Waals surface area contributed by atoms with Gasteiger partial charge in [-0.15, -0.1) is 0 Å².